The van der Waals surface area contributed by atoms with Crippen molar-refractivity contribution in [3.05, 3.63) is 0 Å². The van der Waals surface area contributed by atoms with Crippen molar-refractivity contribution in [2.24, 2.45) is 11.8 Å². The van der Waals surface area contributed by atoms with E-state index in [-0.39, 0.29) is 30.5 Å². The predicted molar refractivity (Wildman–Crippen MR) is 190 cm³/mol. The van der Waals surface area contributed by atoms with Crippen molar-refractivity contribution in [2.45, 2.75) is 195 Å². The van der Waals surface area contributed by atoms with Gasteiger partial charge in [-0.25, -0.2) is 0 Å². The van der Waals surface area contributed by atoms with E-state index in [1.54, 1.807) is 0 Å². The molecular weight excluding hydrogens is 562 g/mol. The number of nitrogens with zero attached hydrogens (tertiary/aromatic N) is 1. The molecule has 0 saturated carbocycles. The zero-order chi connectivity index (χ0) is 33.2. The molecule has 45 heavy (non-hydrogen) atoms. The van der Waals surface area contributed by atoms with Crippen LogP contribution in [0.1, 0.15) is 195 Å². The summed E-state index contributed by atoms with van der Waals surface area (Å²) in [5, 5.41) is 9.73. The standard InChI is InChI=1S/C39H77NO5/c1-5-9-11-23-29-36(7-3)38(42)44-33-27-21-17-13-15-19-25-31-40(35-41)32-26-20-16-14-18-22-28-34-45-39(43)37(8-4)30-24-12-10-6-2/h36-37,41H,5-35H2,1-4H3. The van der Waals surface area contributed by atoms with Crippen LogP contribution >= 0.6 is 0 Å². The maximum Gasteiger partial charge on any atom is 0.308 e. The third kappa shape index (κ3) is 27.7. The van der Waals surface area contributed by atoms with E-state index >= 15 is 0 Å². The van der Waals surface area contributed by atoms with Gasteiger partial charge in [-0.1, -0.05) is 143 Å². The highest BCUT2D eigenvalue weighted by Gasteiger charge is 2.18. The third-order valence-electron chi connectivity index (χ3n) is 9.39. The monoisotopic (exact) mass is 640 g/mol. The number of hydrogen-bond acceptors (Lipinski definition) is 6. The van der Waals surface area contributed by atoms with Gasteiger partial charge in [-0.15, -0.1) is 0 Å². The van der Waals surface area contributed by atoms with Crippen LogP contribution in [0.25, 0.3) is 0 Å². The summed E-state index contributed by atoms with van der Waals surface area (Å²) < 4.78 is 11.1. The summed E-state index contributed by atoms with van der Waals surface area (Å²) in [5.74, 6) is 0.207. The van der Waals surface area contributed by atoms with E-state index in [0.29, 0.717) is 13.2 Å². The minimum atomic E-state index is 0.0160. The fraction of sp³-hybridized carbons (Fsp3) is 0.949. The van der Waals surface area contributed by atoms with Gasteiger partial charge in [-0.3, -0.25) is 14.5 Å². The van der Waals surface area contributed by atoms with Gasteiger partial charge >= 0.3 is 11.9 Å². The smallest absolute Gasteiger partial charge is 0.308 e. The van der Waals surface area contributed by atoms with Gasteiger partial charge in [0, 0.05) is 13.1 Å². The lowest BCUT2D eigenvalue weighted by Crippen LogP contribution is -2.27. The maximum absolute atomic E-state index is 12.3. The molecule has 0 fully saturated rings. The molecular formula is C39H77NO5. The van der Waals surface area contributed by atoms with E-state index in [9.17, 15) is 14.7 Å². The minimum absolute atomic E-state index is 0.0160. The molecule has 0 aliphatic heterocycles. The van der Waals surface area contributed by atoms with Crippen molar-refractivity contribution in [1.29, 1.82) is 0 Å². The number of carbonyl (C=O) groups excluding carboxylic acids is 2. The Labute approximate surface area is 280 Å². The fourth-order valence-electron chi connectivity index (χ4n) is 6.09. The first kappa shape index (κ1) is 43.9. The van der Waals surface area contributed by atoms with E-state index in [4.69, 9.17) is 9.47 Å². The largest absolute Gasteiger partial charge is 0.465 e. The van der Waals surface area contributed by atoms with Crippen LogP contribution in [-0.4, -0.2) is 55.0 Å². The summed E-state index contributed by atoms with van der Waals surface area (Å²) >= 11 is 0. The van der Waals surface area contributed by atoms with Gasteiger partial charge in [0.05, 0.1) is 31.8 Å². The summed E-state index contributed by atoms with van der Waals surface area (Å²) in [6.07, 6.45) is 29.8. The molecule has 0 saturated heterocycles. The topological polar surface area (TPSA) is 76.1 Å². The first-order chi connectivity index (χ1) is 22.0. The number of esters is 2. The average molecular weight is 640 g/mol. The molecule has 2 unspecified atom stereocenters. The molecule has 6 heteroatoms. The third-order valence-corrected chi connectivity index (χ3v) is 9.39. The predicted octanol–water partition coefficient (Wildman–Crippen LogP) is 10.8. The molecule has 1 N–H and O–H groups in total. The molecule has 268 valence electrons. The molecule has 0 aromatic carbocycles. The quantitative estimate of drug-likeness (QED) is 0.0422. The Kier molecular flexibility index (Phi) is 33.3. The Hall–Kier alpha value is -1.14. The zero-order valence-corrected chi connectivity index (χ0v) is 30.6. The Bertz CT molecular complexity index is 591. The van der Waals surface area contributed by atoms with Crippen molar-refractivity contribution >= 4 is 11.9 Å². The molecule has 0 spiro atoms. The van der Waals surface area contributed by atoms with Crippen LogP contribution in [0.3, 0.4) is 0 Å². The van der Waals surface area contributed by atoms with Crippen LogP contribution in [0.2, 0.25) is 0 Å². The lowest BCUT2D eigenvalue weighted by molar-refractivity contribution is -0.150. The summed E-state index contributed by atoms with van der Waals surface area (Å²) in [7, 11) is 0. The molecule has 0 heterocycles. The number of aliphatic hydroxyl groups is 1. The van der Waals surface area contributed by atoms with Crippen LogP contribution in [0.5, 0.6) is 0 Å². The Morgan fingerprint density at radius 3 is 1.16 bits per heavy atom. The average Bonchev–Trinajstić information content (AvgIpc) is 3.05. The number of aliphatic hydroxyl groups excluding tert-OH is 1. The highest BCUT2D eigenvalue weighted by atomic mass is 16.5. The summed E-state index contributed by atoms with van der Waals surface area (Å²) in [6, 6.07) is 0. The molecule has 6 nitrogen and oxygen atoms in total. The van der Waals surface area contributed by atoms with Crippen LogP contribution in [0, 0.1) is 11.8 Å². The van der Waals surface area contributed by atoms with Crippen molar-refractivity contribution in [3.8, 4) is 0 Å². The normalized spacial score (nSPS) is 12.8. The molecule has 0 radical (unpaired) electrons. The lowest BCUT2D eigenvalue weighted by atomic mass is 9.98. The Morgan fingerprint density at radius 1 is 0.489 bits per heavy atom. The van der Waals surface area contributed by atoms with Crippen LogP contribution in [0.4, 0.5) is 0 Å². The molecule has 0 rings (SSSR count). The van der Waals surface area contributed by atoms with Gasteiger partial charge in [-0.2, -0.15) is 0 Å². The molecule has 0 aliphatic carbocycles. The molecule has 0 bridgehead atoms. The molecule has 0 aliphatic rings. The Morgan fingerprint density at radius 2 is 0.822 bits per heavy atom. The molecule has 0 aromatic rings. The van der Waals surface area contributed by atoms with Gasteiger partial charge in [0.25, 0.3) is 0 Å². The summed E-state index contributed by atoms with van der Waals surface area (Å²) in [4.78, 5) is 26.8. The second-order valence-electron chi connectivity index (χ2n) is 13.5. The van der Waals surface area contributed by atoms with Gasteiger partial charge in [0.2, 0.25) is 0 Å². The van der Waals surface area contributed by atoms with Crippen molar-refractivity contribution in [2.75, 3.05) is 33.0 Å². The molecule has 0 amide bonds. The van der Waals surface area contributed by atoms with Crippen LogP contribution < -0.4 is 0 Å². The lowest BCUT2D eigenvalue weighted by Gasteiger charge is -2.19. The van der Waals surface area contributed by atoms with Crippen molar-refractivity contribution in [1.82, 2.24) is 4.90 Å². The zero-order valence-electron chi connectivity index (χ0n) is 30.6. The second-order valence-corrected chi connectivity index (χ2v) is 13.5. The van der Waals surface area contributed by atoms with Gasteiger partial charge < -0.3 is 14.6 Å². The number of ether oxygens (including phenoxy) is 2. The summed E-state index contributed by atoms with van der Waals surface area (Å²) in [6.45, 7) is 11.9. The van der Waals surface area contributed by atoms with Crippen LogP contribution in [0.15, 0.2) is 0 Å². The number of carbonyl (C=O) groups is 2. The fourth-order valence-corrected chi connectivity index (χ4v) is 6.09. The second kappa shape index (κ2) is 34.2. The molecule has 2 atom stereocenters. The molecule has 0 aromatic heterocycles. The van der Waals surface area contributed by atoms with Crippen LogP contribution in [-0.2, 0) is 19.1 Å². The number of unbranched alkanes of at least 4 members (excludes halogenated alkanes) is 18. The highest BCUT2D eigenvalue weighted by Crippen LogP contribution is 2.18. The van der Waals surface area contributed by atoms with Gasteiger partial charge in [0.15, 0.2) is 0 Å². The van der Waals surface area contributed by atoms with E-state index in [1.165, 1.54) is 89.9 Å². The van der Waals surface area contributed by atoms with Crippen molar-refractivity contribution in [3.63, 3.8) is 0 Å². The van der Waals surface area contributed by atoms with Gasteiger partial charge in [-0.05, 0) is 51.4 Å². The van der Waals surface area contributed by atoms with E-state index in [2.05, 4.69) is 32.6 Å². The maximum atomic E-state index is 12.3. The minimum Gasteiger partial charge on any atom is -0.465 e. The van der Waals surface area contributed by atoms with Gasteiger partial charge in [0.1, 0.15) is 0 Å². The van der Waals surface area contributed by atoms with E-state index in [1.807, 2.05) is 0 Å². The first-order valence-corrected chi connectivity index (χ1v) is 19.7. The van der Waals surface area contributed by atoms with E-state index in [0.717, 1.165) is 90.1 Å². The Balaban J connectivity index is 3.59. The van der Waals surface area contributed by atoms with Crippen molar-refractivity contribution < 1.29 is 24.2 Å². The number of rotatable bonds is 35. The van der Waals surface area contributed by atoms with E-state index < -0.39 is 0 Å². The number of hydrogen-bond donors (Lipinski definition) is 1. The SMILES string of the molecule is CCCCCCC(CC)C(=O)OCCCCCCCCCN(CO)CCCCCCCCCOC(=O)C(CC)CCCCCC. The first-order valence-electron chi connectivity index (χ1n) is 19.7. The summed E-state index contributed by atoms with van der Waals surface area (Å²) in [5.41, 5.74) is 0. The highest BCUT2D eigenvalue weighted by molar-refractivity contribution is 5.72.